The zero-order valence-corrected chi connectivity index (χ0v) is 11.8. The molecule has 0 aliphatic carbocycles. The van der Waals surface area contributed by atoms with E-state index in [0.717, 1.165) is 22.6 Å². The monoisotopic (exact) mass is 269 g/mol. The van der Waals surface area contributed by atoms with Gasteiger partial charge in [0.05, 0.1) is 20.8 Å². The van der Waals surface area contributed by atoms with Crippen molar-refractivity contribution in [1.29, 1.82) is 0 Å². The van der Waals surface area contributed by atoms with Gasteiger partial charge >= 0.3 is 0 Å². The number of nitrogens with one attached hydrogen (secondary N) is 1. The molecular weight excluding hydrogens is 246 g/mol. The Bertz CT molecular complexity index is 395. The van der Waals surface area contributed by atoms with Crippen LogP contribution in [0.15, 0.2) is 12.1 Å². The standard InChI is InChI=1S/C14H23NO4/c1-10-13(18-2)5-4-11(14(10)19-3)8-15-12(9-17)6-7-16/h4-5,12,15-17H,6-9H2,1-3H3. The zero-order chi connectivity index (χ0) is 14.3. The van der Waals surface area contributed by atoms with E-state index in [0.29, 0.717) is 13.0 Å². The number of benzene rings is 1. The molecule has 5 nitrogen and oxygen atoms in total. The summed E-state index contributed by atoms with van der Waals surface area (Å²) in [6.07, 6.45) is 0.522. The molecule has 0 amide bonds. The van der Waals surface area contributed by atoms with E-state index in [1.807, 2.05) is 19.1 Å². The van der Waals surface area contributed by atoms with Gasteiger partial charge in [0.15, 0.2) is 0 Å². The predicted molar refractivity (Wildman–Crippen MR) is 73.7 cm³/mol. The molecule has 0 aromatic heterocycles. The van der Waals surface area contributed by atoms with Crippen LogP contribution in [0.4, 0.5) is 0 Å². The lowest BCUT2D eigenvalue weighted by Crippen LogP contribution is -2.33. The highest BCUT2D eigenvalue weighted by atomic mass is 16.5. The van der Waals surface area contributed by atoms with E-state index in [-0.39, 0.29) is 19.3 Å². The summed E-state index contributed by atoms with van der Waals surface area (Å²) in [7, 11) is 3.26. The Balaban J connectivity index is 2.80. The van der Waals surface area contributed by atoms with Crippen LogP contribution in [-0.2, 0) is 6.54 Å². The number of aliphatic hydroxyl groups excluding tert-OH is 2. The molecule has 1 atom stereocenters. The molecule has 0 spiro atoms. The van der Waals surface area contributed by atoms with Gasteiger partial charge in [-0.2, -0.15) is 0 Å². The summed E-state index contributed by atoms with van der Waals surface area (Å²) in [5.74, 6) is 1.57. The van der Waals surface area contributed by atoms with Crippen molar-refractivity contribution in [3.05, 3.63) is 23.3 Å². The van der Waals surface area contributed by atoms with Crippen LogP contribution < -0.4 is 14.8 Å². The molecule has 0 heterocycles. The van der Waals surface area contributed by atoms with E-state index in [2.05, 4.69) is 5.32 Å². The van der Waals surface area contributed by atoms with Gasteiger partial charge in [-0.15, -0.1) is 0 Å². The van der Waals surface area contributed by atoms with E-state index in [1.54, 1.807) is 14.2 Å². The molecule has 5 heteroatoms. The molecule has 0 radical (unpaired) electrons. The maximum atomic E-state index is 9.17. The predicted octanol–water partition coefficient (Wildman–Crippen LogP) is 0.845. The molecule has 3 N–H and O–H groups in total. The largest absolute Gasteiger partial charge is 0.496 e. The van der Waals surface area contributed by atoms with Crippen LogP contribution in [0, 0.1) is 6.92 Å². The Morgan fingerprint density at radius 1 is 1.21 bits per heavy atom. The van der Waals surface area contributed by atoms with Gasteiger partial charge in [-0.25, -0.2) is 0 Å². The van der Waals surface area contributed by atoms with Crippen molar-refractivity contribution in [2.24, 2.45) is 0 Å². The molecule has 0 saturated carbocycles. The van der Waals surface area contributed by atoms with E-state index in [9.17, 15) is 5.11 Å². The van der Waals surface area contributed by atoms with Crippen molar-refractivity contribution in [3.8, 4) is 11.5 Å². The number of hydrogen-bond donors (Lipinski definition) is 3. The summed E-state index contributed by atoms with van der Waals surface area (Å²) in [6.45, 7) is 2.56. The molecular formula is C14H23NO4. The lowest BCUT2D eigenvalue weighted by Gasteiger charge is -2.18. The van der Waals surface area contributed by atoms with Crippen LogP contribution in [0.5, 0.6) is 11.5 Å². The van der Waals surface area contributed by atoms with Gasteiger partial charge in [-0.05, 0) is 19.4 Å². The van der Waals surface area contributed by atoms with Crippen molar-refractivity contribution in [2.75, 3.05) is 27.4 Å². The van der Waals surface area contributed by atoms with Crippen LogP contribution in [-0.4, -0.2) is 43.7 Å². The molecule has 1 rings (SSSR count). The lowest BCUT2D eigenvalue weighted by atomic mass is 10.1. The molecule has 0 fully saturated rings. The van der Waals surface area contributed by atoms with E-state index in [1.165, 1.54) is 0 Å². The van der Waals surface area contributed by atoms with Gasteiger partial charge in [-0.1, -0.05) is 6.07 Å². The van der Waals surface area contributed by atoms with Crippen molar-refractivity contribution in [1.82, 2.24) is 5.32 Å². The second kappa shape index (κ2) is 7.99. The van der Waals surface area contributed by atoms with Gasteiger partial charge < -0.3 is 25.0 Å². The van der Waals surface area contributed by atoms with Crippen LogP contribution in [0.25, 0.3) is 0 Å². The average Bonchev–Trinajstić information content (AvgIpc) is 2.43. The van der Waals surface area contributed by atoms with E-state index in [4.69, 9.17) is 14.6 Å². The van der Waals surface area contributed by atoms with Crippen molar-refractivity contribution >= 4 is 0 Å². The fraction of sp³-hybridized carbons (Fsp3) is 0.571. The number of hydrogen-bond acceptors (Lipinski definition) is 5. The Morgan fingerprint density at radius 2 is 1.95 bits per heavy atom. The molecule has 1 unspecified atom stereocenters. The molecule has 1 aromatic rings. The third kappa shape index (κ3) is 4.09. The van der Waals surface area contributed by atoms with E-state index < -0.39 is 0 Å². The molecule has 0 aliphatic heterocycles. The number of methoxy groups -OCH3 is 2. The highest BCUT2D eigenvalue weighted by Gasteiger charge is 2.12. The molecule has 1 aromatic carbocycles. The minimum atomic E-state index is -0.114. The summed E-state index contributed by atoms with van der Waals surface area (Å²) < 4.78 is 10.7. The van der Waals surface area contributed by atoms with Gasteiger partial charge in [0.2, 0.25) is 0 Å². The maximum absolute atomic E-state index is 9.17. The van der Waals surface area contributed by atoms with Crippen LogP contribution in [0.3, 0.4) is 0 Å². The molecule has 0 aliphatic rings. The fourth-order valence-corrected chi connectivity index (χ4v) is 2.04. The summed E-state index contributed by atoms with van der Waals surface area (Å²) in [5, 5.41) is 21.3. The molecule has 108 valence electrons. The van der Waals surface area contributed by atoms with Crippen LogP contribution >= 0.6 is 0 Å². The molecule has 19 heavy (non-hydrogen) atoms. The summed E-state index contributed by atoms with van der Waals surface area (Å²) >= 11 is 0. The van der Waals surface area contributed by atoms with Gasteiger partial charge in [0.1, 0.15) is 11.5 Å². The third-order valence-electron chi connectivity index (χ3n) is 3.14. The normalized spacial score (nSPS) is 12.3. The third-order valence-corrected chi connectivity index (χ3v) is 3.14. The number of aliphatic hydroxyl groups is 2. The van der Waals surface area contributed by atoms with Crippen molar-refractivity contribution < 1.29 is 19.7 Å². The number of rotatable bonds is 8. The smallest absolute Gasteiger partial charge is 0.129 e. The van der Waals surface area contributed by atoms with Crippen molar-refractivity contribution in [3.63, 3.8) is 0 Å². The molecule has 0 saturated heterocycles. The first-order valence-electron chi connectivity index (χ1n) is 6.33. The topological polar surface area (TPSA) is 71.0 Å². The molecule has 0 bridgehead atoms. The van der Waals surface area contributed by atoms with Gasteiger partial charge in [0, 0.05) is 30.3 Å². The van der Waals surface area contributed by atoms with E-state index >= 15 is 0 Å². The zero-order valence-electron chi connectivity index (χ0n) is 11.8. The highest BCUT2D eigenvalue weighted by molar-refractivity contribution is 5.49. The maximum Gasteiger partial charge on any atom is 0.129 e. The SMILES string of the molecule is COc1ccc(CNC(CO)CCO)c(OC)c1C. The second-order valence-corrected chi connectivity index (χ2v) is 4.36. The quantitative estimate of drug-likeness (QED) is 0.652. The Morgan fingerprint density at radius 3 is 2.47 bits per heavy atom. The second-order valence-electron chi connectivity index (χ2n) is 4.36. The fourth-order valence-electron chi connectivity index (χ4n) is 2.04. The Hall–Kier alpha value is -1.30. The summed E-state index contributed by atoms with van der Waals surface area (Å²) in [5.41, 5.74) is 1.95. The summed E-state index contributed by atoms with van der Waals surface area (Å²) in [4.78, 5) is 0. The average molecular weight is 269 g/mol. The summed E-state index contributed by atoms with van der Waals surface area (Å²) in [6, 6.07) is 3.72. The van der Waals surface area contributed by atoms with Crippen molar-refractivity contribution in [2.45, 2.75) is 25.9 Å². The van der Waals surface area contributed by atoms with Gasteiger partial charge in [0.25, 0.3) is 0 Å². The van der Waals surface area contributed by atoms with Crippen LogP contribution in [0.2, 0.25) is 0 Å². The first-order valence-corrected chi connectivity index (χ1v) is 6.33. The van der Waals surface area contributed by atoms with Gasteiger partial charge in [-0.3, -0.25) is 0 Å². The Kier molecular flexibility index (Phi) is 6.62. The minimum absolute atomic E-state index is 0.00197. The lowest BCUT2D eigenvalue weighted by molar-refractivity contribution is 0.199. The highest BCUT2D eigenvalue weighted by Crippen LogP contribution is 2.31. The first kappa shape index (κ1) is 15.8. The minimum Gasteiger partial charge on any atom is -0.496 e. The number of ether oxygens (including phenoxy) is 2. The first-order chi connectivity index (χ1) is 9.17. The van der Waals surface area contributed by atoms with Crippen LogP contribution in [0.1, 0.15) is 17.5 Å². The Labute approximate surface area is 114 Å².